The van der Waals surface area contributed by atoms with Crippen LogP contribution in [0.25, 0.3) is 0 Å². The number of rotatable bonds is 3. The van der Waals surface area contributed by atoms with Crippen LogP contribution in [0, 0.1) is 0 Å². The highest BCUT2D eigenvalue weighted by Gasteiger charge is 2.44. The number of likely N-dealkylation sites (N-methyl/N-ethyl adjacent to an activating group) is 1. The smallest absolute Gasteiger partial charge is 0.0951 e. The monoisotopic (exact) mass is 254 g/mol. The van der Waals surface area contributed by atoms with E-state index >= 15 is 0 Å². The summed E-state index contributed by atoms with van der Waals surface area (Å²) in [5.74, 6) is 0. The molecule has 18 heavy (non-hydrogen) atoms. The van der Waals surface area contributed by atoms with Gasteiger partial charge < -0.3 is 14.8 Å². The average Bonchev–Trinajstić information content (AvgIpc) is 3.00. The van der Waals surface area contributed by atoms with E-state index < -0.39 is 0 Å². The molecule has 3 atom stereocenters. The zero-order chi connectivity index (χ0) is 12.4. The standard InChI is InChI=1S/C14H26N2O2/c1-15-10-13-3-2-6-16(13)12-4-7-18-14(9-12)5-8-17-11-14/h12-13,15H,2-11H2,1H3. The Morgan fingerprint density at radius 3 is 3.06 bits per heavy atom. The van der Waals surface area contributed by atoms with Crippen molar-refractivity contribution in [1.82, 2.24) is 10.2 Å². The number of likely N-dealkylation sites (tertiary alicyclic amines) is 1. The maximum absolute atomic E-state index is 6.04. The third-order valence-corrected chi connectivity index (χ3v) is 4.87. The van der Waals surface area contributed by atoms with Gasteiger partial charge in [-0.15, -0.1) is 0 Å². The highest BCUT2D eigenvalue weighted by Crippen LogP contribution is 2.36. The molecule has 3 aliphatic rings. The first kappa shape index (κ1) is 12.9. The third kappa shape index (κ3) is 2.44. The molecule has 0 radical (unpaired) electrons. The van der Waals surface area contributed by atoms with Gasteiger partial charge in [0.15, 0.2) is 0 Å². The van der Waals surface area contributed by atoms with Crippen LogP contribution in [-0.4, -0.2) is 62.5 Å². The second-order valence-electron chi connectivity index (χ2n) is 6.07. The first-order valence-electron chi connectivity index (χ1n) is 7.45. The Bertz CT molecular complexity index is 279. The lowest BCUT2D eigenvalue weighted by Crippen LogP contribution is -2.52. The molecule has 1 N–H and O–H groups in total. The molecule has 3 fully saturated rings. The molecule has 0 aromatic carbocycles. The molecule has 3 aliphatic heterocycles. The van der Waals surface area contributed by atoms with Gasteiger partial charge in [-0.05, 0) is 39.3 Å². The van der Waals surface area contributed by atoms with E-state index in [2.05, 4.69) is 17.3 Å². The molecule has 3 saturated heterocycles. The SMILES string of the molecule is CNCC1CCCN1C1CCOC2(CCOC2)C1. The zero-order valence-electron chi connectivity index (χ0n) is 11.5. The summed E-state index contributed by atoms with van der Waals surface area (Å²) in [5.41, 5.74) is 0.0513. The fourth-order valence-electron chi connectivity index (χ4n) is 3.94. The van der Waals surface area contributed by atoms with Crippen molar-refractivity contribution in [2.24, 2.45) is 0 Å². The molecule has 0 amide bonds. The summed E-state index contributed by atoms with van der Waals surface area (Å²) in [4.78, 5) is 2.74. The number of hydrogen-bond acceptors (Lipinski definition) is 4. The highest BCUT2D eigenvalue weighted by atomic mass is 16.6. The maximum atomic E-state index is 6.04. The van der Waals surface area contributed by atoms with Gasteiger partial charge in [-0.1, -0.05) is 0 Å². The molecule has 3 rings (SSSR count). The van der Waals surface area contributed by atoms with Gasteiger partial charge in [0.05, 0.1) is 12.2 Å². The van der Waals surface area contributed by atoms with Crippen molar-refractivity contribution in [3.05, 3.63) is 0 Å². The maximum Gasteiger partial charge on any atom is 0.0951 e. The van der Waals surface area contributed by atoms with E-state index in [9.17, 15) is 0 Å². The second-order valence-corrected chi connectivity index (χ2v) is 6.07. The minimum Gasteiger partial charge on any atom is -0.378 e. The average molecular weight is 254 g/mol. The molecule has 0 bridgehead atoms. The summed E-state index contributed by atoms with van der Waals surface area (Å²) >= 11 is 0. The Morgan fingerprint density at radius 1 is 1.33 bits per heavy atom. The predicted molar refractivity (Wildman–Crippen MR) is 70.8 cm³/mol. The Morgan fingerprint density at radius 2 is 2.28 bits per heavy atom. The van der Waals surface area contributed by atoms with Crippen molar-refractivity contribution in [2.45, 2.75) is 49.8 Å². The lowest BCUT2D eigenvalue weighted by atomic mass is 9.88. The quantitative estimate of drug-likeness (QED) is 0.815. The number of nitrogens with one attached hydrogen (secondary N) is 1. The molecule has 4 nitrogen and oxygen atoms in total. The van der Waals surface area contributed by atoms with Crippen molar-refractivity contribution in [3.8, 4) is 0 Å². The van der Waals surface area contributed by atoms with Crippen molar-refractivity contribution in [3.63, 3.8) is 0 Å². The van der Waals surface area contributed by atoms with Gasteiger partial charge in [-0.3, -0.25) is 4.90 Å². The van der Waals surface area contributed by atoms with Crippen LogP contribution in [0.4, 0.5) is 0 Å². The van der Waals surface area contributed by atoms with E-state index in [1.807, 2.05) is 0 Å². The van der Waals surface area contributed by atoms with Gasteiger partial charge in [0.2, 0.25) is 0 Å². The molecular weight excluding hydrogens is 228 g/mol. The van der Waals surface area contributed by atoms with E-state index in [0.29, 0.717) is 6.04 Å². The van der Waals surface area contributed by atoms with E-state index in [1.165, 1.54) is 32.2 Å². The predicted octanol–water partition coefficient (Wildman–Crippen LogP) is 1.01. The number of hydrogen-bond donors (Lipinski definition) is 1. The molecule has 1 spiro atoms. The topological polar surface area (TPSA) is 33.7 Å². The van der Waals surface area contributed by atoms with Crippen molar-refractivity contribution < 1.29 is 9.47 Å². The molecule has 0 aromatic rings. The van der Waals surface area contributed by atoms with Crippen LogP contribution in [0.5, 0.6) is 0 Å². The molecule has 3 unspecified atom stereocenters. The molecular formula is C14H26N2O2. The Hall–Kier alpha value is -0.160. The second kappa shape index (κ2) is 5.45. The van der Waals surface area contributed by atoms with Gasteiger partial charge in [0.1, 0.15) is 0 Å². The van der Waals surface area contributed by atoms with Crippen LogP contribution in [0.3, 0.4) is 0 Å². The lowest BCUT2D eigenvalue weighted by molar-refractivity contribution is -0.107. The normalized spacial score (nSPS) is 41.8. The minimum atomic E-state index is 0.0513. The summed E-state index contributed by atoms with van der Waals surface area (Å²) in [6, 6.07) is 1.44. The van der Waals surface area contributed by atoms with Gasteiger partial charge in [-0.25, -0.2) is 0 Å². The molecule has 3 heterocycles. The van der Waals surface area contributed by atoms with E-state index in [4.69, 9.17) is 9.47 Å². The third-order valence-electron chi connectivity index (χ3n) is 4.87. The van der Waals surface area contributed by atoms with Crippen LogP contribution in [0.1, 0.15) is 32.1 Å². The van der Waals surface area contributed by atoms with Gasteiger partial charge in [0.25, 0.3) is 0 Å². The first-order valence-corrected chi connectivity index (χ1v) is 7.45. The number of ether oxygens (including phenoxy) is 2. The van der Waals surface area contributed by atoms with Gasteiger partial charge >= 0.3 is 0 Å². The van der Waals surface area contributed by atoms with E-state index in [0.717, 1.165) is 38.8 Å². The Balaban J connectivity index is 1.64. The summed E-state index contributed by atoms with van der Waals surface area (Å²) in [5, 5.41) is 3.34. The van der Waals surface area contributed by atoms with Crippen LogP contribution >= 0.6 is 0 Å². The molecule has 0 aliphatic carbocycles. The lowest BCUT2D eigenvalue weighted by Gasteiger charge is -2.43. The van der Waals surface area contributed by atoms with Crippen LogP contribution in [-0.2, 0) is 9.47 Å². The fourth-order valence-corrected chi connectivity index (χ4v) is 3.94. The van der Waals surface area contributed by atoms with Crippen molar-refractivity contribution >= 4 is 0 Å². The molecule has 0 aromatic heterocycles. The van der Waals surface area contributed by atoms with Crippen molar-refractivity contribution in [1.29, 1.82) is 0 Å². The Labute approximate surface area is 110 Å². The number of nitrogens with zero attached hydrogens (tertiary/aromatic N) is 1. The van der Waals surface area contributed by atoms with Crippen molar-refractivity contribution in [2.75, 3.05) is 40.0 Å². The molecule has 4 heteroatoms. The largest absolute Gasteiger partial charge is 0.378 e. The summed E-state index contributed by atoms with van der Waals surface area (Å²) in [6.07, 6.45) is 6.16. The first-order chi connectivity index (χ1) is 8.83. The zero-order valence-corrected chi connectivity index (χ0v) is 11.5. The molecule has 104 valence electrons. The highest BCUT2D eigenvalue weighted by molar-refractivity contribution is 4.96. The molecule has 0 saturated carbocycles. The Kier molecular flexibility index (Phi) is 3.89. The van der Waals surface area contributed by atoms with Crippen LogP contribution < -0.4 is 5.32 Å². The van der Waals surface area contributed by atoms with Crippen LogP contribution in [0.2, 0.25) is 0 Å². The summed E-state index contributed by atoms with van der Waals surface area (Å²) in [6.45, 7) is 5.01. The van der Waals surface area contributed by atoms with Crippen LogP contribution in [0.15, 0.2) is 0 Å². The van der Waals surface area contributed by atoms with E-state index in [1.54, 1.807) is 0 Å². The van der Waals surface area contributed by atoms with Gasteiger partial charge in [-0.2, -0.15) is 0 Å². The minimum absolute atomic E-state index is 0.0513. The summed E-state index contributed by atoms with van der Waals surface area (Å²) < 4.78 is 11.6. The van der Waals surface area contributed by atoms with E-state index in [-0.39, 0.29) is 5.60 Å². The van der Waals surface area contributed by atoms with Gasteiger partial charge in [0, 0.05) is 38.3 Å². The fraction of sp³-hybridized carbons (Fsp3) is 1.00. The summed E-state index contributed by atoms with van der Waals surface area (Å²) in [7, 11) is 2.06.